The monoisotopic (exact) mass is 330 g/mol. The van der Waals surface area contributed by atoms with Gasteiger partial charge in [-0.2, -0.15) is 0 Å². The van der Waals surface area contributed by atoms with Crippen molar-refractivity contribution in [1.29, 1.82) is 0 Å². The highest BCUT2D eigenvalue weighted by Gasteiger charge is 2.26. The van der Waals surface area contributed by atoms with Crippen LogP contribution >= 0.6 is 11.6 Å². The Labute approximate surface area is 130 Å². The van der Waals surface area contributed by atoms with Crippen molar-refractivity contribution in [2.24, 2.45) is 0 Å². The fraction of sp³-hybridized carbons (Fsp3) is 0.500. The van der Waals surface area contributed by atoms with E-state index in [-0.39, 0.29) is 16.8 Å². The maximum Gasteiger partial charge on any atom is 0.240 e. The van der Waals surface area contributed by atoms with E-state index in [2.05, 4.69) is 4.72 Å². The molecule has 1 amide bonds. The third-order valence-corrected chi connectivity index (χ3v) is 5.33. The molecule has 0 aliphatic carbocycles. The molecule has 5 nitrogen and oxygen atoms in total. The van der Waals surface area contributed by atoms with E-state index >= 15 is 0 Å². The molecule has 1 N–H and O–H groups in total. The molecule has 1 aromatic rings. The molecule has 1 aromatic carbocycles. The average molecular weight is 331 g/mol. The van der Waals surface area contributed by atoms with Gasteiger partial charge in [-0.3, -0.25) is 4.79 Å². The summed E-state index contributed by atoms with van der Waals surface area (Å²) in [6.07, 6.45) is 1.75. The predicted octanol–water partition coefficient (Wildman–Crippen LogP) is 2.02. The van der Waals surface area contributed by atoms with Gasteiger partial charge in [-0.15, -0.1) is 0 Å². The summed E-state index contributed by atoms with van der Waals surface area (Å²) in [5, 5.41) is 0.390. The van der Waals surface area contributed by atoms with Gasteiger partial charge in [-0.25, -0.2) is 13.1 Å². The minimum atomic E-state index is -3.56. The Kier molecular flexibility index (Phi) is 5.24. The van der Waals surface area contributed by atoms with Crippen LogP contribution in [0.3, 0.4) is 0 Å². The quantitative estimate of drug-likeness (QED) is 0.918. The molecule has 0 bridgehead atoms. The van der Waals surface area contributed by atoms with E-state index < -0.39 is 10.0 Å². The number of hydrogen-bond acceptors (Lipinski definition) is 3. The van der Waals surface area contributed by atoms with Gasteiger partial charge in [0.1, 0.15) is 0 Å². The first kappa shape index (κ1) is 16.3. The standard InChI is InChI=1S/C14H19ClN2O3S/c1-2-14(18)17-8-6-12(7-9-17)16-21(19,20)13-5-3-4-11(15)10-13/h3-5,10,12,16H,2,6-9H2,1H3. The minimum Gasteiger partial charge on any atom is -0.343 e. The SMILES string of the molecule is CCC(=O)N1CCC(NS(=O)(=O)c2cccc(Cl)c2)CC1. The summed E-state index contributed by atoms with van der Waals surface area (Å²) in [6, 6.07) is 6.05. The predicted molar refractivity (Wildman–Crippen MR) is 81.7 cm³/mol. The minimum absolute atomic E-state index is 0.117. The maximum absolute atomic E-state index is 12.3. The van der Waals surface area contributed by atoms with Gasteiger partial charge in [-0.1, -0.05) is 24.6 Å². The summed E-state index contributed by atoms with van der Waals surface area (Å²) in [5.74, 6) is 0.117. The Bertz CT molecular complexity index is 610. The van der Waals surface area contributed by atoms with Gasteiger partial charge in [0.25, 0.3) is 0 Å². The zero-order chi connectivity index (χ0) is 15.5. The molecule has 1 saturated heterocycles. The summed E-state index contributed by atoms with van der Waals surface area (Å²) in [6.45, 7) is 3.01. The van der Waals surface area contributed by atoms with Crippen molar-refractivity contribution >= 4 is 27.5 Å². The van der Waals surface area contributed by atoms with E-state index in [9.17, 15) is 13.2 Å². The number of carbonyl (C=O) groups is 1. The number of piperidine rings is 1. The smallest absolute Gasteiger partial charge is 0.240 e. The van der Waals surface area contributed by atoms with Crippen molar-refractivity contribution < 1.29 is 13.2 Å². The molecular weight excluding hydrogens is 312 g/mol. The van der Waals surface area contributed by atoms with Crippen LogP contribution in [0.4, 0.5) is 0 Å². The van der Waals surface area contributed by atoms with Gasteiger partial charge in [0.2, 0.25) is 15.9 Å². The largest absolute Gasteiger partial charge is 0.343 e. The normalized spacial score (nSPS) is 17.0. The molecule has 0 atom stereocenters. The summed E-state index contributed by atoms with van der Waals surface area (Å²) in [4.78, 5) is 13.5. The topological polar surface area (TPSA) is 66.5 Å². The second-order valence-corrected chi connectivity index (χ2v) is 7.24. The second kappa shape index (κ2) is 6.77. The van der Waals surface area contributed by atoms with Crippen LogP contribution in [0.15, 0.2) is 29.2 Å². The van der Waals surface area contributed by atoms with Gasteiger partial charge in [0.15, 0.2) is 0 Å². The molecule has 1 fully saturated rings. The lowest BCUT2D eigenvalue weighted by Gasteiger charge is -2.32. The summed E-state index contributed by atoms with van der Waals surface area (Å²) in [7, 11) is -3.56. The lowest BCUT2D eigenvalue weighted by atomic mass is 10.1. The van der Waals surface area contributed by atoms with E-state index in [0.29, 0.717) is 37.4 Å². The molecule has 1 aliphatic heterocycles. The Morgan fingerprint density at radius 2 is 2.05 bits per heavy atom. The molecule has 0 aromatic heterocycles. The van der Waals surface area contributed by atoms with Crippen LogP contribution < -0.4 is 4.72 Å². The number of carbonyl (C=O) groups excluding carboxylic acids is 1. The van der Waals surface area contributed by atoms with Gasteiger partial charge in [-0.05, 0) is 31.0 Å². The lowest BCUT2D eigenvalue weighted by Crippen LogP contribution is -2.46. The number of likely N-dealkylation sites (tertiary alicyclic amines) is 1. The van der Waals surface area contributed by atoms with E-state index in [4.69, 9.17) is 11.6 Å². The van der Waals surface area contributed by atoms with Gasteiger partial charge in [0.05, 0.1) is 4.90 Å². The van der Waals surface area contributed by atoms with E-state index in [1.807, 2.05) is 6.92 Å². The highest BCUT2D eigenvalue weighted by Crippen LogP contribution is 2.18. The third kappa shape index (κ3) is 4.18. The van der Waals surface area contributed by atoms with Crippen LogP contribution in [0.25, 0.3) is 0 Å². The number of nitrogens with one attached hydrogen (secondary N) is 1. The first-order valence-corrected chi connectivity index (χ1v) is 8.84. The Hall–Kier alpha value is -1.11. The first-order chi connectivity index (χ1) is 9.92. The summed E-state index contributed by atoms with van der Waals surface area (Å²) in [5.41, 5.74) is 0. The maximum atomic E-state index is 12.3. The lowest BCUT2D eigenvalue weighted by molar-refractivity contribution is -0.131. The third-order valence-electron chi connectivity index (χ3n) is 3.58. The summed E-state index contributed by atoms with van der Waals surface area (Å²) >= 11 is 5.83. The molecular formula is C14H19ClN2O3S. The molecule has 1 heterocycles. The molecule has 0 spiro atoms. The second-order valence-electron chi connectivity index (χ2n) is 5.09. The van der Waals surface area contributed by atoms with Crippen LogP contribution in [0.5, 0.6) is 0 Å². The molecule has 7 heteroatoms. The highest BCUT2D eigenvalue weighted by molar-refractivity contribution is 7.89. The van der Waals surface area contributed by atoms with Crippen LogP contribution in [-0.4, -0.2) is 38.4 Å². The Morgan fingerprint density at radius 1 is 1.38 bits per heavy atom. The first-order valence-electron chi connectivity index (χ1n) is 6.98. The van der Waals surface area contributed by atoms with Crippen molar-refractivity contribution in [3.05, 3.63) is 29.3 Å². The average Bonchev–Trinajstić information content (AvgIpc) is 2.47. The van der Waals surface area contributed by atoms with Crippen LogP contribution in [-0.2, 0) is 14.8 Å². The highest BCUT2D eigenvalue weighted by atomic mass is 35.5. The number of amides is 1. The van der Waals surface area contributed by atoms with Crippen LogP contribution in [0, 0.1) is 0 Å². The number of hydrogen-bond donors (Lipinski definition) is 1. The number of halogens is 1. The van der Waals surface area contributed by atoms with Crippen molar-refractivity contribution in [2.75, 3.05) is 13.1 Å². The Morgan fingerprint density at radius 3 is 2.62 bits per heavy atom. The zero-order valence-electron chi connectivity index (χ0n) is 11.9. The van der Waals surface area contributed by atoms with Crippen molar-refractivity contribution in [3.8, 4) is 0 Å². The molecule has 1 aliphatic rings. The Balaban J connectivity index is 1.98. The number of sulfonamides is 1. The fourth-order valence-corrected chi connectivity index (χ4v) is 4.00. The van der Waals surface area contributed by atoms with Crippen molar-refractivity contribution in [2.45, 2.75) is 37.1 Å². The molecule has 2 rings (SSSR count). The number of rotatable bonds is 4. The van der Waals surface area contributed by atoms with E-state index in [0.717, 1.165) is 0 Å². The molecule has 0 saturated carbocycles. The van der Waals surface area contributed by atoms with E-state index in [1.54, 1.807) is 17.0 Å². The molecule has 0 unspecified atom stereocenters. The number of nitrogens with zero attached hydrogens (tertiary/aromatic N) is 1. The van der Waals surface area contributed by atoms with Crippen molar-refractivity contribution in [1.82, 2.24) is 9.62 Å². The fourth-order valence-electron chi connectivity index (χ4n) is 2.39. The van der Waals surface area contributed by atoms with Crippen molar-refractivity contribution in [3.63, 3.8) is 0 Å². The van der Waals surface area contributed by atoms with Gasteiger partial charge >= 0.3 is 0 Å². The summed E-state index contributed by atoms with van der Waals surface area (Å²) < 4.78 is 27.2. The molecule has 21 heavy (non-hydrogen) atoms. The molecule has 116 valence electrons. The zero-order valence-corrected chi connectivity index (χ0v) is 13.5. The van der Waals surface area contributed by atoms with Crippen LogP contribution in [0.1, 0.15) is 26.2 Å². The van der Waals surface area contributed by atoms with E-state index in [1.165, 1.54) is 12.1 Å². The van der Waals surface area contributed by atoms with Gasteiger partial charge < -0.3 is 4.90 Å². The van der Waals surface area contributed by atoms with Crippen LogP contribution in [0.2, 0.25) is 5.02 Å². The number of benzene rings is 1. The van der Waals surface area contributed by atoms with Gasteiger partial charge in [0, 0.05) is 30.6 Å². The molecule has 0 radical (unpaired) electrons.